The number of aliphatic carboxylic acids is 1. The fraction of sp³-hybridized carbons (Fsp3) is 0.333. The van der Waals surface area contributed by atoms with Gasteiger partial charge in [0.15, 0.2) is 6.29 Å². The fourth-order valence-corrected chi connectivity index (χ4v) is 1.44. The molecule has 0 saturated carbocycles. The van der Waals surface area contributed by atoms with Gasteiger partial charge in [0.05, 0.1) is 23.2 Å². The van der Waals surface area contributed by atoms with Gasteiger partial charge in [-0.3, -0.25) is 19.7 Å². The Morgan fingerprint density at radius 1 is 1.42 bits per heavy atom. The first-order chi connectivity index (χ1) is 9.04. The Labute approximate surface area is 109 Å². The molecule has 7 heteroatoms. The number of nitro groups is 1. The van der Waals surface area contributed by atoms with Crippen molar-refractivity contribution in [3.8, 4) is 5.75 Å². The number of hydrogen-bond acceptors (Lipinski definition) is 5. The van der Waals surface area contributed by atoms with E-state index < -0.39 is 10.9 Å². The van der Waals surface area contributed by atoms with E-state index in [0.717, 1.165) is 0 Å². The molecule has 0 heterocycles. The maximum absolute atomic E-state index is 10.7. The molecule has 0 atom stereocenters. The number of carbonyl (C=O) groups is 2. The second-order valence-corrected chi connectivity index (χ2v) is 3.79. The Bertz CT molecular complexity index is 485. The number of carbonyl (C=O) groups excluding carboxylic acids is 1. The Kier molecular flexibility index (Phi) is 5.46. The monoisotopic (exact) mass is 267 g/mol. The van der Waals surface area contributed by atoms with Crippen molar-refractivity contribution in [1.82, 2.24) is 0 Å². The van der Waals surface area contributed by atoms with Gasteiger partial charge in [0.2, 0.25) is 0 Å². The minimum atomic E-state index is -0.869. The van der Waals surface area contributed by atoms with Gasteiger partial charge >= 0.3 is 5.97 Å². The van der Waals surface area contributed by atoms with Crippen molar-refractivity contribution in [3.05, 3.63) is 33.9 Å². The first kappa shape index (κ1) is 14.6. The number of benzene rings is 1. The van der Waals surface area contributed by atoms with Crippen LogP contribution in [0.25, 0.3) is 0 Å². The lowest BCUT2D eigenvalue weighted by molar-refractivity contribution is -0.385. The number of unbranched alkanes of at least 4 members (excludes halogenated alkanes) is 1. The molecule has 1 rings (SSSR count). The van der Waals surface area contributed by atoms with Gasteiger partial charge in [-0.1, -0.05) is 0 Å². The number of rotatable bonds is 8. The van der Waals surface area contributed by atoms with Gasteiger partial charge < -0.3 is 9.84 Å². The molecule has 7 nitrogen and oxygen atoms in total. The summed E-state index contributed by atoms with van der Waals surface area (Å²) >= 11 is 0. The molecule has 0 saturated heterocycles. The highest BCUT2D eigenvalue weighted by Gasteiger charge is 2.14. The second kappa shape index (κ2) is 7.10. The highest BCUT2D eigenvalue weighted by Crippen LogP contribution is 2.23. The van der Waals surface area contributed by atoms with Crippen molar-refractivity contribution in [2.45, 2.75) is 19.3 Å². The molecule has 0 aliphatic carbocycles. The molecule has 0 amide bonds. The van der Waals surface area contributed by atoms with Crippen molar-refractivity contribution < 1.29 is 24.4 Å². The van der Waals surface area contributed by atoms with Crippen LogP contribution in [0.1, 0.15) is 29.6 Å². The maximum atomic E-state index is 10.7. The van der Waals surface area contributed by atoms with E-state index in [9.17, 15) is 19.7 Å². The van der Waals surface area contributed by atoms with Crippen molar-refractivity contribution in [3.63, 3.8) is 0 Å². The normalized spacial score (nSPS) is 9.89. The molecule has 1 aromatic carbocycles. The number of carboxylic acid groups (broad SMARTS) is 1. The minimum Gasteiger partial charge on any atom is -0.493 e. The highest BCUT2D eigenvalue weighted by molar-refractivity contribution is 5.81. The van der Waals surface area contributed by atoms with Crippen LogP contribution < -0.4 is 4.74 Å². The quantitative estimate of drug-likeness (QED) is 0.334. The van der Waals surface area contributed by atoms with Crippen LogP contribution in [0.3, 0.4) is 0 Å². The molecule has 1 N–H and O–H groups in total. The van der Waals surface area contributed by atoms with Gasteiger partial charge in [0.25, 0.3) is 5.69 Å². The number of nitro benzene ring substituents is 1. The van der Waals surface area contributed by atoms with E-state index in [1.807, 2.05) is 0 Å². The lowest BCUT2D eigenvalue weighted by Crippen LogP contribution is -2.01. The summed E-state index contributed by atoms with van der Waals surface area (Å²) in [5.41, 5.74) is -0.318. The van der Waals surface area contributed by atoms with Crippen LogP contribution in [0.15, 0.2) is 18.2 Å². The van der Waals surface area contributed by atoms with E-state index in [-0.39, 0.29) is 30.0 Å². The lowest BCUT2D eigenvalue weighted by atomic mass is 10.2. The van der Waals surface area contributed by atoms with Gasteiger partial charge in [-0.25, -0.2) is 0 Å². The Morgan fingerprint density at radius 2 is 2.16 bits per heavy atom. The summed E-state index contributed by atoms with van der Waals surface area (Å²) in [5.74, 6) is -0.585. The van der Waals surface area contributed by atoms with E-state index in [4.69, 9.17) is 9.84 Å². The van der Waals surface area contributed by atoms with Crippen molar-refractivity contribution >= 4 is 17.9 Å². The largest absolute Gasteiger partial charge is 0.493 e. The predicted molar refractivity (Wildman–Crippen MR) is 65.5 cm³/mol. The first-order valence-electron chi connectivity index (χ1n) is 5.63. The van der Waals surface area contributed by atoms with Crippen LogP contribution in [-0.2, 0) is 4.79 Å². The predicted octanol–water partition coefficient (Wildman–Crippen LogP) is 2.04. The molecular formula is C12H13NO6. The lowest BCUT2D eigenvalue weighted by Gasteiger charge is -2.06. The summed E-state index contributed by atoms with van der Waals surface area (Å²) in [6.07, 6.45) is 1.49. The van der Waals surface area contributed by atoms with Crippen LogP contribution in [0.2, 0.25) is 0 Å². The minimum absolute atomic E-state index is 0.0109. The number of ether oxygens (including phenoxy) is 1. The molecule has 0 bridgehead atoms. The molecule has 0 aliphatic rings. The molecule has 0 aliphatic heterocycles. The van der Waals surface area contributed by atoms with Crippen LogP contribution in [0, 0.1) is 10.1 Å². The second-order valence-electron chi connectivity index (χ2n) is 3.79. The molecule has 0 fully saturated rings. The van der Waals surface area contributed by atoms with Crippen molar-refractivity contribution in [1.29, 1.82) is 0 Å². The zero-order valence-electron chi connectivity index (χ0n) is 10.1. The molecule has 1 aromatic rings. The summed E-state index contributed by atoms with van der Waals surface area (Å²) in [6.45, 7) is 0.269. The Hall–Kier alpha value is -2.44. The SMILES string of the molecule is O=Cc1ccc(OCCCCC(=O)O)cc1[N+](=O)[O-]. The highest BCUT2D eigenvalue weighted by atomic mass is 16.6. The number of hydrogen-bond donors (Lipinski definition) is 1. The van der Waals surface area contributed by atoms with E-state index in [2.05, 4.69) is 0 Å². The zero-order valence-corrected chi connectivity index (χ0v) is 10.1. The van der Waals surface area contributed by atoms with Gasteiger partial charge in [-0.15, -0.1) is 0 Å². The van der Waals surface area contributed by atoms with E-state index >= 15 is 0 Å². The topological polar surface area (TPSA) is 107 Å². The third-order valence-electron chi connectivity index (χ3n) is 2.38. The van der Waals surface area contributed by atoms with Crippen LogP contribution >= 0.6 is 0 Å². The first-order valence-corrected chi connectivity index (χ1v) is 5.63. The molecule has 19 heavy (non-hydrogen) atoms. The van der Waals surface area contributed by atoms with Crippen LogP contribution in [-0.4, -0.2) is 28.9 Å². The number of nitrogens with zero attached hydrogens (tertiary/aromatic N) is 1. The summed E-state index contributed by atoms with van der Waals surface area (Å²) < 4.78 is 5.26. The summed E-state index contributed by atoms with van der Waals surface area (Å²) in [6, 6.07) is 3.96. The van der Waals surface area contributed by atoms with E-state index in [1.54, 1.807) is 0 Å². The Balaban J connectivity index is 2.55. The summed E-state index contributed by atoms with van der Waals surface area (Å²) in [4.78, 5) is 30.9. The molecule has 0 spiro atoms. The number of carboxylic acids is 1. The van der Waals surface area contributed by atoms with E-state index in [1.165, 1.54) is 18.2 Å². The maximum Gasteiger partial charge on any atom is 0.303 e. The summed E-state index contributed by atoms with van der Waals surface area (Å²) in [5, 5.41) is 19.1. The molecule has 0 aromatic heterocycles. The third-order valence-corrected chi connectivity index (χ3v) is 2.38. The van der Waals surface area contributed by atoms with Crippen molar-refractivity contribution in [2.24, 2.45) is 0 Å². The standard InChI is InChI=1S/C12H13NO6/c14-8-9-4-5-10(7-11(9)13(17)18)19-6-2-1-3-12(15)16/h4-5,7-8H,1-3,6H2,(H,15,16). The smallest absolute Gasteiger partial charge is 0.303 e. The summed E-state index contributed by atoms with van der Waals surface area (Å²) in [7, 11) is 0. The Morgan fingerprint density at radius 3 is 2.74 bits per heavy atom. The molecule has 0 unspecified atom stereocenters. The van der Waals surface area contributed by atoms with Gasteiger partial charge in [0.1, 0.15) is 5.75 Å². The molecule has 102 valence electrons. The average Bonchev–Trinajstić information content (AvgIpc) is 2.37. The van der Waals surface area contributed by atoms with E-state index in [0.29, 0.717) is 19.1 Å². The fourth-order valence-electron chi connectivity index (χ4n) is 1.44. The van der Waals surface area contributed by atoms with Crippen molar-refractivity contribution in [2.75, 3.05) is 6.61 Å². The van der Waals surface area contributed by atoms with Gasteiger partial charge in [-0.05, 0) is 25.0 Å². The molecule has 0 radical (unpaired) electrons. The van der Waals surface area contributed by atoms with Crippen LogP contribution in [0.4, 0.5) is 5.69 Å². The average molecular weight is 267 g/mol. The van der Waals surface area contributed by atoms with Gasteiger partial charge in [-0.2, -0.15) is 0 Å². The third kappa shape index (κ3) is 4.74. The van der Waals surface area contributed by atoms with Gasteiger partial charge in [0, 0.05) is 6.42 Å². The zero-order chi connectivity index (χ0) is 14.3. The number of aldehydes is 1. The van der Waals surface area contributed by atoms with Crippen LogP contribution in [0.5, 0.6) is 5.75 Å². The molecular weight excluding hydrogens is 254 g/mol.